The van der Waals surface area contributed by atoms with Crippen LogP contribution in [0.3, 0.4) is 0 Å². The third-order valence-electron chi connectivity index (χ3n) is 3.33. The number of aliphatic hydroxyl groups excluding tert-OH is 1. The van der Waals surface area contributed by atoms with Crippen LogP contribution in [0.5, 0.6) is 0 Å². The molecule has 0 aliphatic heterocycles. The minimum Gasteiger partial charge on any atom is -0.508 e. The van der Waals surface area contributed by atoms with E-state index in [4.69, 9.17) is 0 Å². The number of carbonyl (C=O) groups is 1. The summed E-state index contributed by atoms with van der Waals surface area (Å²) in [6.45, 7) is 4.03. The van der Waals surface area contributed by atoms with Gasteiger partial charge in [-0.3, -0.25) is 4.79 Å². The van der Waals surface area contributed by atoms with Crippen molar-refractivity contribution in [3.8, 4) is 0 Å². The van der Waals surface area contributed by atoms with Gasteiger partial charge in [0.25, 0.3) is 0 Å². The molecule has 0 unspecified atom stereocenters. The smallest absolute Gasteiger partial charge is 0.182 e. The van der Waals surface area contributed by atoms with Gasteiger partial charge in [-0.1, -0.05) is 71.8 Å². The van der Waals surface area contributed by atoms with Gasteiger partial charge < -0.3 is 5.11 Å². The molecule has 0 bridgehead atoms. The van der Waals surface area contributed by atoms with Crippen LogP contribution in [-0.4, -0.2) is 10.9 Å². The monoisotopic (exact) mass is 304 g/mol. The van der Waals surface area contributed by atoms with E-state index in [2.05, 4.69) is 0 Å². The normalized spacial score (nSPS) is 12.2. The molecule has 0 saturated carbocycles. The van der Waals surface area contributed by atoms with E-state index in [0.717, 1.165) is 11.1 Å². The van der Waals surface area contributed by atoms with E-state index in [9.17, 15) is 9.90 Å². The van der Waals surface area contributed by atoms with Crippen LogP contribution in [0.1, 0.15) is 22.3 Å². The van der Waals surface area contributed by atoms with Crippen molar-refractivity contribution in [1.29, 1.82) is 0 Å². The van der Waals surface area contributed by atoms with E-state index in [1.165, 1.54) is 29.4 Å². The summed E-state index contributed by atoms with van der Waals surface area (Å²) < 4.78 is 0. The highest BCUT2D eigenvalue weighted by Crippen LogP contribution is 2.07. The molecule has 0 radical (unpaired) electrons. The number of ketones is 1. The van der Waals surface area contributed by atoms with Gasteiger partial charge in [-0.2, -0.15) is 0 Å². The first-order chi connectivity index (χ1) is 11.0. The fourth-order valence-electron chi connectivity index (χ4n) is 1.96. The van der Waals surface area contributed by atoms with Crippen LogP contribution in [0.2, 0.25) is 0 Å². The molecule has 0 saturated heterocycles. The lowest BCUT2D eigenvalue weighted by Crippen LogP contribution is -1.88. The maximum Gasteiger partial charge on any atom is 0.182 e. The van der Waals surface area contributed by atoms with E-state index in [0.29, 0.717) is 0 Å². The van der Waals surface area contributed by atoms with Crippen LogP contribution in [0.25, 0.3) is 12.2 Å². The number of rotatable bonds is 5. The Balaban J connectivity index is 1.98. The minimum atomic E-state index is -0.253. The van der Waals surface area contributed by atoms with E-state index in [-0.39, 0.29) is 11.5 Å². The standard InChI is InChI=1S/C21H20O2/c1-16-3-7-18(8-4-16)11-13-20(22)15-21(23)14-12-19-9-5-17(2)6-10-19/h3-15,22H,1-2H3/b13-11+,14-12+,20-15-. The zero-order chi connectivity index (χ0) is 16.7. The fraction of sp³-hybridized carbons (Fsp3) is 0.0952. The SMILES string of the molecule is Cc1ccc(/C=C/C(=O)/C=C(O)/C=C/c2ccc(C)cc2)cc1. The van der Waals surface area contributed by atoms with Gasteiger partial charge in [0.05, 0.1) is 0 Å². The summed E-state index contributed by atoms with van der Waals surface area (Å²) in [7, 11) is 0. The summed E-state index contributed by atoms with van der Waals surface area (Å²) in [4.78, 5) is 11.8. The highest BCUT2D eigenvalue weighted by Gasteiger charge is 1.95. The third kappa shape index (κ3) is 5.79. The van der Waals surface area contributed by atoms with Crippen molar-refractivity contribution in [3.05, 3.63) is 94.8 Å². The van der Waals surface area contributed by atoms with Crippen LogP contribution >= 0.6 is 0 Å². The molecule has 0 aromatic heterocycles. The average molecular weight is 304 g/mol. The van der Waals surface area contributed by atoms with Gasteiger partial charge in [-0.05, 0) is 37.1 Å². The molecule has 0 spiro atoms. The molecule has 2 aromatic carbocycles. The summed E-state index contributed by atoms with van der Waals surface area (Å²) in [6.07, 6.45) is 7.66. The van der Waals surface area contributed by atoms with Crippen molar-refractivity contribution in [2.24, 2.45) is 0 Å². The second-order valence-electron chi connectivity index (χ2n) is 5.46. The van der Waals surface area contributed by atoms with Crippen molar-refractivity contribution < 1.29 is 9.90 Å². The molecule has 2 nitrogen and oxygen atoms in total. The topological polar surface area (TPSA) is 37.3 Å². The van der Waals surface area contributed by atoms with Gasteiger partial charge >= 0.3 is 0 Å². The molecule has 23 heavy (non-hydrogen) atoms. The molecule has 0 amide bonds. The fourth-order valence-corrected chi connectivity index (χ4v) is 1.96. The zero-order valence-corrected chi connectivity index (χ0v) is 13.4. The number of hydrogen-bond donors (Lipinski definition) is 1. The summed E-state index contributed by atoms with van der Waals surface area (Å²) in [6, 6.07) is 15.8. The Kier molecular flexibility index (Phi) is 5.70. The molecule has 0 heterocycles. The first-order valence-corrected chi connectivity index (χ1v) is 7.47. The first kappa shape index (κ1) is 16.5. The lowest BCUT2D eigenvalue weighted by Gasteiger charge is -1.95. The average Bonchev–Trinajstić information content (AvgIpc) is 2.54. The molecule has 0 atom stereocenters. The molecule has 0 aliphatic rings. The molecule has 116 valence electrons. The minimum absolute atomic E-state index is 0.0656. The third-order valence-corrected chi connectivity index (χ3v) is 3.33. The maximum atomic E-state index is 11.8. The van der Waals surface area contributed by atoms with Gasteiger partial charge in [0.2, 0.25) is 0 Å². The van der Waals surface area contributed by atoms with Crippen molar-refractivity contribution in [2.75, 3.05) is 0 Å². The van der Waals surface area contributed by atoms with E-state index in [1.54, 1.807) is 12.2 Å². The molecular formula is C21H20O2. The second kappa shape index (κ2) is 7.95. The predicted molar refractivity (Wildman–Crippen MR) is 96.1 cm³/mol. The maximum absolute atomic E-state index is 11.8. The van der Waals surface area contributed by atoms with Crippen LogP contribution < -0.4 is 0 Å². The van der Waals surface area contributed by atoms with Crippen LogP contribution in [-0.2, 0) is 4.79 Å². The number of benzene rings is 2. The van der Waals surface area contributed by atoms with Crippen LogP contribution in [0.15, 0.2) is 72.5 Å². The Bertz CT molecular complexity index is 745. The van der Waals surface area contributed by atoms with Crippen LogP contribution in [0.4, 0.5) is 0 Å². The quantitative estimate of drug-likeness (QED) is 0.477. The van der Waals surface area contributed by atoms with Gasteiger partial charge in [-0.25, -0.2) is 0 Å². The van der Waals surface area contributed by atoms with Crippen molar-refractivity contribution in [3.63, 3.8) is 0 Å². The van der Waals surface area contributed by atoms with Gasteiger partial charge in [0.1, 0.15) is 5.76 Å². The Hall–Kier alpha value is -2.87. The van der Waals surface area contributed by atoms with Gasteiger partial charge in [0, 0.05) is 6.08 Å². The summed E-state index contributed by atoms with van der Waals surface area (Å²) in [5, 5.41) is 9.79. The highest BCUT2D eigenvalue weighted by atomic mass is 16.3. The lowest BCUT2D eigenvalue weighted by molar-refractivity contribution is -0.110. The number of allylic oxidation sites excluding steroid dienone is 3. The molecule has 0 aliphatic carbocycles. The Morgan fingerprint density at radius 2 is 1.22 bits per heavy atom. The predicted octanol–water partition coefficient (Wildman–Crippen LogP) is 5.04. The summed E-state index contributed by atoms with van der Waals surface area (Å²) >= 11 is 0. The molecule has 0 fully saturated rings. The molecular weight excluding hydrogens is 284 g/mol. The van der Waals surface area contributed by atoms with Crippen molar-refractivity contribution in [2.45, 2.75) is 13.8 Å². The van der Waals surface area contributed by atoms with Crippen molar-refractivity contribution in [1.82, 2.24) is 0 Å². The van der Waals surface area contributed by atoms with E-state index < -0.39 is 0 Å². The first-order valence-electron chi connectivity index (χ1n) is 7.47. The lowest BCUT2D eigenvalue weighted by atomic mass is 10.1. The molecule has 2 rings (SSSR count). The Morgan fingerprint density at radius 1 is 0.783 bits per heavy atom. The number of aliphatic hydroxyl groups is 1. The second-order valence-corrected chi connectivity index (χ2v) is 5.46. The molecule has 1 N–H and O–H groups in total. The Morgan fingerprint density at radius 3 is 1.70 bits per heavy atom. The van der Waals surface area contributed by atoms with E-state index >= 15 is 0 Å². The number of hydrogen-bond acceptors (Lipinski definition) is 2. The zero-order valence-electron chi connectivity index (χ0n) is 13.4. The summed E-state index contributed by atoms with van der Waals surface area (Å²) in [5.74, 6) is -0.319. The number of aryl methyl sites for hydroxylation is 2. The Labute approximate surface area is 137 Å². The van der Waals surface area contributed by atoms with E-state index in [1.807, 2.05) is 62.4 Å². The largest absolute Gasteiger partial charge is 0.508 e. The van der Waals surface area contributed by atoms with Gasteiger partial charge in [0.15, 0.2) is 5.78 Å². The van der Waals surface area contributed by atoms with Gasteiger partial charge in [-0.15, -0.1) is 0 Å². The van der Waals surface area contributed by atoms with Crippen molar-refractivity contribution >= 4 is 17.9 Å². The molecule has 2 aromatic rings. The van der Waals surface area contributed by atoms with Crippen LogP contribution in [0, 0.1) is 13.8 Å². The number of carbonyl (C=O) groups excluding carboxylic acids is 1. The summed E-state index contributed by atoms with van der Waals surface area (Å²) in [5.41, 5.74) is 4.27. The molecule has 2 heteroatoms. The highest BCUT2D eigenvalue weighted by molar-refractivity contribution is 6.02.